The summed E-state index contributed by atoms with van der Waals surface area (Å²) in [6.45, 7) is -0.265. The quantitative estimate of drug-likeness (QED) is 0.390. The first-order chi connectivity index (χ1) is 9.63. The predicted octanol–water partition coefficient (Wildman–Crippen LogP) is -1.48. The van der Waals surface area contributed by atoms with Gasteiger partial charge in [-0.25, -0.2) is 19.8 Å². The fraction of sp³-hybridized carbons (Fsp3) is 0.500. The maximum absolute atomic E-state index is 10.0. The molecule has 1 saturated heterocycles. The molecule has 0 aromatic carbocycles. The van der Waals surface area contributed by atoms with Crippen LogP contribution in [0.2, 0.25) is 0 Å². The molecule has 20 heavy (non-hydrogen) atoms. The van der Waals surface area contributed by atoms with Crippen molar-refractivity contribution in [3.63, 3.8) is 0 Å². The maximum Gasteiger partial charge on any atom is 0.167 e. The summed E-state index contributed by atoms with van der Waals surface area (Å²) in [5.74, 6) is 0.206. The van der Waals surface area contributed by atoms with Crippen LogP contribution in [0.4, 0.5) is 5.82 Å². The SMILES string of the molecule is Nc1ncnc2c1ncn2[C@@H]1O[C@H](COO)[C@@H](O)[C@H]1O. The Kier molecular flexibility index (Phi) is 3.23. The number of aliphatic hydroxyl groups excluding tert-OH is 2. The number of ether oxygens (including phenoxy) is 1. The molecule has 1 aliphatic heterocycles. The molecule has 2 aromatic heterocycles. The molecule has 0 unspecified atom stereocenters. The summed E-state index contributed by atoms with van der Waals surface area (Å²) in [7, 11) is 0. The first-order valence-corrected chi connectivity index (χ1v) is 5.84. The van der Waals surface area contributed by atoms with Gasteiger partial charge in [0.05, 0.1) is 6.33 Å². The highest BCUT2D eigenvalue weighted by Gasteiger charge is 2.44. The Hall–Kier alpha value is -1.85. The number of hydrogen-bond acceptors (Lipinski definition) is 9. The van der Waals surface area contributed by atoms with Crippen molar-refractivity contribution in [2.45, 2.75) is 24.5 Å². The van der Waals surface area contributed by atoms with E-state index < -0.39 is 24.5 Å². The van der Waals surface area contributed by atoms with Gasteiger partial charge in [-0.15, -0.1) is 0 Å². The van der Waals surface area contributed by atoms with Crippen molar-refractivity contribution in [1.29, 1.82) is 0 Å². The first kappa shape index (κ1) is 13.1. The fourth-order valence-corrected chi connectivity index (χ4v) is 2.23. The lowest BCUT2D eigenvalue weighted by atomic mass is 10.1. The summed E-state index contributed by atoms with van der Waals surface area (Å²) in [6, 6.07) is 0. The minimum atomic E-state index is -1.22. The highest BCUT2D eigenvalue weighted by molar-refractivity contribution is 5.81. The molecule has 1 fully saturated rings. The average Bonchev–Trinajstić information content (AvgIpc) is 2.97. The molecule has 10 nitrogen and oxygen atoms in total. The molecular formula is C10H13N5O5. The van der Waals surface area contributed by atoms with Crippen molar-refractivity contribution in [1.82, 2.24) is 19.5 Å². The van der Waals surface area contributed by atoms with E-state index >= 15 is 0 Å². The van der Waals surface area contributed by atoms with Gasteiger partial charge in [-0.05, 0) is 0 Å². The molecule has 0 aliphatic carbocycles. The van der Waals surface area contributed by atoms with Crippen molar-refractivity contribution in [2.24, 2.45) is 0 Å². The van der Waals surface area contributed by atoms with E-state index in [0.717, 1.165) is 0 Å². The van der Waals surface area contributed by atoms with Gasteiger partial charge in [0.25, 0.3) is 0 Å². The van der Waals surface area contributed by atoms with Crippen LogP contribution in [-0.4, -0.2) is 59.9 Å². The standard InChI is InChI=1S/C10H13N5O5/c11-8-5-9(13-2-12-8)15(3-14-5)10-7(17)6(16)4(20-10)1-19-18/h2-4,6-7,10,16-18H,1H2,(H2,11,12,13)/t4-,6-,7-,10-/m1/s1. The molecule has 2 aromatic rings. The second-order valence-corrected chi connectivity index (χ2v) is 4.43. The Morgan fingerprint density at radius 3 is 2.85 bits per heavy atom. The lowest BCUT2D eigenvalue weighted by molar-refractivity contribution is -0.264. The van der Waals surface area contributed by atoms with E-state index in [0.29, 0.717) is 11.2 Å². The van der Waals surface area contributed by atoms with Crippen LogP contribution in [0.5, 0.6) is 0 Å². The summed E-state index contributed by atoms with van der Waals surface area (Å²) in [5.41, 5.74) is 6.42. The van der Waals surface area contributed by atoms with Gasteiger partial charge in [0.2, 0.25) is 0 Å². The third-order valence-corrected chi connectivity index (χ3v) is 3.24. The van der Waals surface area contributed by atoms with Crippen LogP contribution in [-0.2, 0) is 9.62 Å². The van der Waals surface area contributed by atoms with Crippen LogP contribution < -0.4 is 5.73 Å². The fourth-order valence-electron chi connectivity index (χ4n) is 2.23. The summed E-state index contributed by atoms with van der Waals surface area (Å²) < 4.78 is 6.90. The predicted molar refractivity (Wildman–Crippen MR) is 64.2 cm³/mol. The molecule has 0 spiro atoms. The van der Waals surface area contributed by atoms with Gasteiger partial charge in [0.1, 0.15) is 36.8 Å². The second kappa shape index (κ2) is 4.92. The molecule has 10 heteroatoms. The van der Waals surface area contributed by atoms with Crippen LogP contribution >= 0.6 is 0 Å². The highest BCUT2D eigenvalue weighted by Crippen LogP contribution is 2.31. The van der Waals surface area contributed by atoms with E-state index in [1.54, 1.807) is 0 Å². The van der Waals surface area contributed by atoms with Gasteiger partial charge >= 0.3 is 0 Å². The summed E-state index contributed by atoms with van der Waals surface area (Å²) in [5, 5.41) is 28.3. The van der Waals surface area contributed by atoms with Gasteiger partial charge in [-0.2, -0.15) is 0 Å². The molecule has 0 radical (unpaired) electrons. The number of fused-ring (bicyclic) bond motifs is 1. The zero-order valence-corrected chi connectivity index (χ0v) is 10.2. The highest BCUT2D eigenvalue weighted by atomic mass is 17.1. The minimum Gasteiger partial charge on any atom is -0.387 e. The normalized spacial score (nSPS) is 30.1. The summed E-state index contributed by atoms with van der Waals surface area (Å²) >= 11 is 0. The molecule has 4 atom stereocenters. The van der Waals surface area contributed by atoms with E-state index in [4.69, 9.17) is 15.7 Å². The van der Waals surface area contributed by atoms with E-state index in [9.17, 15) is 10.2 Å². The lowest BCUT2D eigenvalue weighted by Gasteiger charge is -2.16. The van der Waals surface area contributed by atoms with Crippen molar-refractivity contribution >= 4 is 17.0 Å². The van der Waals surface area contributed by atoms with E-state index in [1.165, 1.54) is 17.2 Å². The maximum atomic E-state index is 10.0. The van der Waals surface area contributed by atoms with Crippen molar-refractivity contribution < 1.29 is 25.1 Å². The Labute approximate surface area is 112 Å². The van der Waals surface area contributed by atoms with Gasteiger partial charge in [-0.1, -0.05) is 0 Å². The zero-order valence-electron chi connectivity index (χ0n) is 10.2. The first-order valence-electron chi connectivity index (χ1n) is 5.84. The largest absolute Gasteiger partial charge is 0.387 e. The third-order valence-electron chi connectivity index (χ3n) is 3.24. The number of imidazole rings is 1. The average molecular weight is 283 g/mol. The minimum absolute atomic E-state index is 0.206. The number of nitrogens with zero attached hydrogens (tertiary/aromatic N) is 4. The van der Waals surface area contributed by atoms with Gasteiger partial charge in [0.15, 0.2) is 17.7 Å². The number of anilines is 1. The van der Waals surface area contributed by atoms with E-state index in [1.807, 2.05) is 0 Å². The molecule has 108 valence electrons. The number of hydrogen-bond donors (Lipinski definition) is 4. The zero-order chi connectivity index (χ0) is 14.3. The Balaban J connectivity index is 1.97. The monoisotopic (exact) mass is 283 g/mol. The van der Waals surface area contributed by atoms with Crippen LogP contribution in [0.15, 0.2) is 12.7 Å². The van der Waals surface area contributed by atoms with Crippen molar-refractivity contribution in [2.75, 3.05) is 12.3 Å². The number of nitrogen functional groups attached to an aromatic ring is 1. The molecule has 0 amide bonds. The van der Waals surface area contributed by atoms with Crippen LogP contribution in [0, 0.1) is 0 Å². The number of nitrogens with two attached hydrogens (primary N) is 1. The lowest BCUT2D eigenvalue weighted by Crippen LogP contribution is -2.33. The van der Waals surface area contributed by atoms with Crippen LogP contribution in [0.3, 0.4) is 0 Å². The second-order valence-electron chi connectivity index (χ2n) is 4.43. The van der Waals surface area contributed by atoms with Crippen molar-refractivity contribution in [3.05, 3.63) is 12.7 Å². The van der Waals surface area contributed by atoms with E-state index in [2.05, 4.69) is 19.8 Å². The van der Waals surface area contributed by atoms with Crippen molar-refractivity contribution in [3.8, 4) is 0 Å². The summed E-state index contributed by atoms with van der Waals surface area (Å²) in [6.07, 6.45) is -1.55. The molecule has 1 aliphatic rings. The topological polar surface area (TPSA) is 149 Å². The Morgan fingerprint density at radius 1 is 1.30 bits per heavy atom. The molecule has 0 saturated carbocycles. The van der Waals surface area contributed by atoms with Crippen LogP contribution in [0.25, 0.3) is 11.2 Å². The van der Waals surface area contributed by atoms with Crippen LogP contribution in [0.1, 0.15) is 6.23 Å². The smallest absolute Gasteiger partial charge is 0.167 e. The Bertz CT molecular complexity index is 619. The van der Waals surface area contributed by atoms with Gasteiger partial charge < -0.3 is 20.7 Å². The number of aromatic nitrogens is 4. The van der Waals surface area contributed by atoms with Gasteiger partial charge in [-0.3, -0.25) is 9.82 Å². The Morgan fingerprint density at radius 2 is 2.10 bits per heavy atom. The summed E-state index contributed by atoms with van der Waals surface area (Å²) in [4.78, 5) is 15.8. The molecule has 0 bridgehead atoms. The number of aliphatic hydroxyl groups is 2. The van der Waals surface area contributed by atoms with Gasteiger partial charge in [0, 0.05) is 0 Å². The molecular weight excluding hydrogens is 270 g/mol. The third kappa shape index (κ3) is 1.90. The number of rotatable bonds is 3. The molecule has 3 heterocycles. The van der Waals surface area contributed by atoms with E-state index in [-0.39, 0.29) is 12.4 Å². The molecule has 3 rings (SSSR count). The molecule has 5 N–H and O–H groups in total.